The monoisotopic (exact) mass is 618 g/mol. The minimum Gasteiger partial charge on any atom is -0.494 e. The molecular weight excluding hydrogens is 576 g/mol. The molecule has 0 unspecified atom stereocenters. The van der Waals surface area contributed by atoms with Crippen molar-refractivity contribution in [3.8, 4) is 28.5 Å². The van der Waals surface area contributed by atoms with E-state index in [0.29, 0.717) is 23.8 Å². The van der Waals surface area contributed by atoms with E-state index < -0.39 is 0 Å². The summed E-state index contributed by atoms with van der Waals surface area (Å²) in [4.78, 5) is 33.3. The highest BCUT2D eigenvalue weighted by molar-refractivity contribution is 6.00. The lowest BCUT2D eigenvalue weighted by atomic mass is 9.99. The molecule has 1 aliphatic carbocycles. The fraction of sp³-hybridized carbons (Fsp3) is 0.444. The van der Waals surface area contributed by atoms with Crippen molar-refractivity contribution < 1.29 is 9.53 Å². The van der Waals surface area contributed by atoms with Crippen LogP contribution in [0, 0.1) is 5.92 Å². The summed E-state index contributed by atoms with van der Waals surface area (Å²) >= 11 is 0. The second kappa shape index (κ2) is 11.4. The zero-order valence-electron chi connectivity index (χ0n) is 26.9. The van der Waals surface area contributed by atoms with E-state index in [9.17, 15) is 4.79 Å². The standard InChI is InChI=1S/C36H42N8O2/c1-22-8-12-26(37)21-43(22)36(45)25-17-29-32(31(19-25)46-3)41(2)35(40-29)30-18-24-11-13-28(39-33(24)44(30)20-23-9-10-23)27-7-6-14-38-34(27)42-15-4-5-16-42/h6-7,11,13-14,17-19,22-23,26H,4-5,8-10,12,15-16,20-21,37H2,1-3H3/t22-,26+/m0/s1. The number of nitrogens with zero attached hydrogens (tertiary/aromatic N) is 7. The second-order valence-electron chi connectivity index (χ2n) is 13.4. The van der Waals surface area contributed by atoms with E-state index >= 15 is 0 Å². The fourth-order valence-electron chi connectivity index (χ4n) is 7.39. The first kappa shape index (κ1) is 29.0. The highest BCUT2D eigenvalue weighted by atomic mass is 16.5. The molecule has 0 radical (unpaired) electrons. The van der Waals surface area contributed by atoms with Gasteiger partial charge in [-0.15, -0.1) is 0 Å². The number of amides is 1. The van der Waals surface area contributed by atoms with Crippen molar-refractivity contribution in [1.29, 1.82) is 0 Å². The summed E-state index contributed by atoms with van der Waals surface area (Å²) in [5.41, 5.74) is 12.4. The van der Waals surface area contributed by atoms with Crippen LogP contribution < -0.4 is 15.4 Å². The van der Waals surface area contributed by atoms with Gasteiger partial charge in [-0.2, -0.15) is 0 Å². The molecule has 2 atom stereocenters. The molecule has 5 aromatic rings. The molecule has 3 aliphatic rings. The number of hydrogen-bond acceptors (Lipinski definition) is 7. The number of carbonyl (C=O) groups excluding carboxylic acids is 1. The smallest absolute Gasteiger partial charge is 0.254 e. The van der Waals surface area contributed by atoms with Gasteiger partial charge in [-0.05, 0) is 93.8 Å². The lowest BCUT2D eigenvalue weighted by Gasteiger charge is -2.36. The van der Waals surface area contributed by atoms with Crippen molar-refractivity contribution in [2.24, 2.45) is 18.7 Å². The van der Waals surface area contributed by atoms with Crippen LogP contribution in [-0.2, 0) is 13.6 Å². The Balaban J connectivity index is 1.24. The molecule has 0 bridgehead atoms. The lowest BCUT2D eigenvalue weighted by molar-refractivity contribution is 0.0612. The van der Waals surface area contributed by atoms with E-state index in [2.05, 4.69) is 45.2 Å². The van der Waals surface area contributed by atoms with Crippen LogP contribution in [-0.4, -0.2) is 73.7 Å². The number of carbonyl (C=O) groups is 1. The van der Waals surface area contributed by atoms with Crippen LogP contribution in [0.5, 0.6) is 5.75 Å². The van der Waals surface area contributed by atoms with Crippen LogP contribution in [0.15, 0.2) is 48.7 Å². The Morgan fingerprint density at radius 3 is 2.65 bits per heavy atom. The normalized spacial score (nSPS) is 20.3. The van der Waals surface area contributed by atoms with E-state index in [1.54, 1.807) is 7.11 Å². The van der Waals surface area contributed by atoms with E-state index in [0.717, 1.165) is 83.1 Å². The molecular formula is C36H42N8O2. The topological polar surface area (TPSA) is 107 Å². The number of aryl methyl sites for hydroxylation is 1. The number of ether oxygens (including phenoxy) is 1. The van der Waals surface area contributed by atoms with Crippen molar-refractivity contribution in [3.05, 3.63) is 54.2 Å². The SMILES string of the molecule is COc1cc(C(=O)N2C[C@H](N)CC[C@@H]2C)cc2nc(-c3cc4ccc(-c5cccnc5N5CCCC5)nc4n3CC3CC3)n(C)c12. The van der Waals surface area contributed by atoms with Crippen molar-refractivity contribution >= 4 is 33.8 Å². The Hall–Kier alpha value is -4.44. The third-order valence-corrected chi connectivity index (χ3v) is 10.2. The third-order valence-electron chi connectivity index (χ3n) is 10.2. The number of methoxy groups -OCH3 is 1. The van der Waals surface area contributed by atoms with Crippen molar-refractivity contribution in [2.45, 2.75) is 64.1 Å². The zero-order valence-corrected chi connectivity index (χ0v) is 26.9. The molecule has 46 heavy (non-hydrogen) atoms. The number of piperidine rings is 1. The first-order chi connectivity index (χ1) is 22.4. The second-order valence-corrected chi connectivity index (χ2v) is 13.4. The molecule has 238 valence electrons. The van der Waals surface area contributed by atoms with Gasteiger partial charge in [0.2, 0.25) is 0 Å². The van der Waals surface area contributed by atoms with Crippen LogP contribution in [0.2, 0.25) is 0 Å². The maximum absolute atomic E-state index is 13.7. The predicted molar refractivity (Wildman–Crippen MR) is 181 cm³/mol. The maximum Gasteiger partial charge on any atom is 0.254 e. The molecule has 0 spiro atoms. The quantitative estimate of drug-likeness (QED) is 0.252. The van der Waals surface area contributed by atoms with Crippen molar-refractivity contribution in [3.63, 3.8) is 0 Å². The highest BCUT2D eigenvalue weighted by Crippen LogP contribution is 2.39. The first-order valence-electron chi connectivity index (χ1n) is 16.7. The van der Waals surface area contributed by atoms with Gasteiger partial charge in [-0.1, -0.05) is 0 Å². The van der Waals surface area contributed by atoms with E-state index in [-0.39, 0.29) is 18.0 Å². The Labute approximate surface area is 269 Å². The van der Waals surface area contributed by atoms with Crippen LogP contribution in [0.4, 0.5) is 5.82 Å². The maximum atomic E-state index is 13.7. The van der Waals surface area contributed by atoms with Crippen LogP contribution >= 0.6 is 0 Å². The summed E-state index contributed by atoms with van der Waals surface area (Å²) in [6, 6.07) is 14.5. The molecule has 1 aromatic carbocycles. The van der Waals surface area contributed by atoms with Crippen molar-refractivity contribution in [2.75, 3.05) is 31.6 Å². The Morgan fingerprint density at radius 1 is 1.04 bits per heavy atom. The lowest BCUT2D eigenvalue weighted by Crippen LogP contribution is -2.50. The third kappa shape index (κ3) is 4.99. The average Bonchev–Trinajstić information content (AvgIpc) is 3.43. The molecule has 8 rings (SSSR count). The number of anilines is 1. The van der Waals surface area contributed by atoms with Gasteiger partial charge in [0.25, 0.3) is 5.91 Å². The molecule has 2 N–H and O–H groups in total. The minimum atomic E-state index is -0.0293. The van der Waals surface area contributed by atoms with Gasteiger partial charge in [0.05, 0.1) is 24.0 Å². The van der Waals surface area contributed by atoms with Gasteiger partial charge < -0.3 is 29.4 Å². The number of benzene rings is 1. The van der Waals surface area contributed by atoms with Gasteiger partial charge in [-0.3, -0.25) is 4.79 Å². The number of nitrogens with two attached hydrogens (primary N) is 1. The first-order valence-corrected chi connectivity index (χ1v) is 16.7. The van der Waals surface area contributed by atoms with Crippen LogP contribution in [0.1, 0.15) is 55.8 Å². The van der Waals surface area contributed by atoms with Gasteiger partial charge in [0, 0.05) is 68.0 Å². The summed E-state index contributed by atoms with van der Waals surface area (Å²) in [6.45, 7) is 5.60. The summed E-state index contributed by atoms with van der Waals surface area (Å²) < 4.78 is 10.3. The number of imidazole rings is 1. The number of aromatic nitrogens is 5. The molecule has 3 fully saturated rings. The molecule has 2 saturated heterocycles. The molecule has 1 amide bonds. The molecule has 1 saturated carbocycles. The van der Waals surface area contributed by atoms with Gasteiger partial charge in [0.1, 0.15) is 22.7 Å². The molecule has 4 aromatic heterocycles. The fourth-order valence-corrected chi connectivity index (χ4v) is 7.39. The zero-order chi connectivity index (χ0) is 31.5. The molecule has 10 heteroatoms. The largest absolute Gasteiger partial charge is 0.494 e. The summed E-state index contributed by atoms with van der Waals surface area (Å²) in [6.07, 6.45) is 8.55. The van der Waals surface area contributed by atoms with E-state index in [4.69, 9.17) is 25.4 Å². The molecule has 10 nitrogen and oxygen atoms in total. The van der Waals surface area contributed by atoms with E-state index in [1.807, 2.05) is 36.3 Å². The number of likely N-dealkylation sites (tertiary alicyclic amines) is 1. The Kier molecular flexibility index (Phi) is 7.20. The summed E-state index contributed by atoms with van der Waals surface area (Å²) in [5, 5.41) is 1.08. The Bertz CT molecular complexity index is 1950. The Morgan fingerprint density at radius 2 is 1.87 bits per heavy atom. The number of rotatable bonds is 7. The van der Waals surface area contributed by atoms with Crippen molar-refractivity contribution in [1.82, 2.24) is 29.0 Å². The van der Waals surface area contributed by atoms with Gasteiger partial charge in [-0.25, -0.2) is 15.0 Å². The van der Waals surface area contributed by atoms with Gasteiger partial charge in [0.15, 0.2) is 5.82 Å². The molecule has 2 aliphatic heterocycles. The number of pyridine rings is 2. The van der Waals surface area contributed by atoms with Crippen LogP contribution in [0.25, 0.3) is 44.8 Å². The predicted octanol–water partition coefficient (Wildman–Crippen LogP) is 5.62. The average molecular weight is 619 g/mol. The van der Waals surface area contributed by atoms with E-state index in [1.165, 1.54) is 25.7 Å². The molecule has 6 heterocycles. The van der Waals surface area contributed by atoms with Gasteiger partial charge >= 0.3 is 0 Å². The summed E-state index contributed by atoms with van der Waals surface area (Å²) in [7, 11) is 3.68. The highest BCUT2D eigenvalue weighted by Gasteiger charge is 2.30. The minimum absolute atomic E-state index is 0.000276. The number of fused-ring (bicyclic) bond motifs is 2. The van der Waals surface area contributed by atoms with Crippen LogP contribution in [0.3, 0.4) is 0 Å². The number of hydrogen-bond donors (Lipinski definition) is 1. The summed E-state index contributed by atoms with van der Waals surface area (Å²) in [5.74, 6) is 3.07.